The quantitative estimate of drug-likeness (QED) is 0.237. The Kier molecular flexibility index (Phi) is 5.86. The van der Waals surface area contributed by atoms with E-state index in [1.54, 1.807) is 30.3 Å². The van der Waals surface area contributed by atoms with Gasteiger partial charge in [-0.2, -0.15) is 9.78 Å². The summed E-state index contributed by atoms with van der Waals surface area (Å²) < 4.78 is 1.28. The van der Waals surface area contributed by atoms with Crippen LogP contribution in [-0.4, -0.2) is 30.8 Å². The van der Waals surface area contributed by atoms with Gasteiger partial charge >= 0.3 is 0 Å². The van der Waals surface area contributed by atoms with Gasteiger partial charge in [0.15, 0.2) is 11.6 Å². The van der Waals surface area contributed by atoms with E-state index in [0.29, 0.717) is 16.5 Å². The topological polar surface area (TPSA) is 122 Å². The second-order valence-electron chi connectivity index (χ2n) is 7.79. The fourth-order valence-electron chi connectivity index (χ4n) is 3.70. The number of benzene rings is 3. The average Bonchev–Trinajstić information content (AvgIpc) is 3.31. The Balaban J connectivity index is 1.60. The molecule has 0 spiro atoms. The molecule has 174 valence electrons. The highest BCUT2D eigenvalue weighted by Gasteiger charge is 2.20. The highest BCUT2D eigenvalue weighted by Crippen LogP contribution is 2.39. The lowest BCUT2D eigenvalue weighted by molar-refractivity contribution is 0.102. The van der Waals surface area contributed by atoms with Crippen LogP contribution in [0.1, 0.15) is 15.9 Å². The lowest BCUT2D eigenvalue weighted by Gasteiger charge is -2.12. The van der Waals surface area contributed by atoms with Gasteiger partial charge in [-0.25, -0.2) is 14.8 Å². The summed E-state index contributed by atoms with van der Waals surface area (Å²) in [5, 5.41) is 27.7. The zero-order chi connectivity index (χ0) is 25.1. The van der Waals surface area contributed by atoms with Crippen molar-refractivity contribution in [2.24, 2.45) is 10.2 Å². The Morgan fingerprint density at radius 2 is 1.86 bits per heavy atom. The van der Waals surface area contributed by atoms with Gasteiger partial charge in [-0.15, -0.1) is 10.2 Å². The van der Waals surface area contributed by atoms with Crippen molar-refractivity contribution < 1.29 is 9.90 Å². The van der Waals surface area contributed by atoms with E-state index >= 15 is 0 Å². The number of nitrogens with zero attached hydrogens (tertiary/aromatic N) is 7. The number of azo groups is 1. The number of carbonyl (C=O) groups excluding carboxylic acids is 1. The number of hydrogen-bond donors (Lipinski definition) is 2. The minimum absolute atomic E-state index is 0.0563. The molecule has 0 aliphatic carbocycles. The standard InChI is InChI=1S/C26H18N8O2/c1-16-7-5-9-18(13-16)31-25(36)22-19-10-4-3-8-17(19)14-20(23(22)35)32-33-24-21(27-2)15-30-34(24)26-28-11-6-12-29-26/h3-15,35H,1H3,(H,31,36)/b33-32+. The first-order valence-corrected chi connectivity index (χ1v) is 10.8. The number of aromatic hydroxyl groups is 1. The molecule has 0 bridgehead atoms. The van der Waals surface area contributed by atoms with Crippen LogP contribution in [-0.2, 0) is 0 Å². The minimum atomic E-state index is -0.490. The molecule has 0 aliphatic heterocycles. The molecule has 10 heteroatoms. The first kappa shape index (κ1) is 22.4. The summed E-state index contributed by atoms with van der Waals surface area (Å²) in [7, 11) is 0. The van der Waals surface area contributed by atoms with Crippen molar-refractivity contribution in [3.63, 3.8) is 0 Å². The molecule has 2 heterocycles. The molecule has 3 aromatic carbocycles. The molecule has 0 atom stereocenters. The molecule has 5 aromatic rings. The zero-order valence-corrected chi connectivity index (χ0v) is 19.0. The fourth-order valence-corrected chi connectivity index (χ4v) is 3.70. The predicted molar refractivity (Wildman–Crippen MR) is 134 cm³/mol. The van der Waals surface area contributed by atoms with Crippen LogP contribution in [0.15, 0.2) is 89.5 Å². The molecule has 36 heavy (non-hydrogen) atoms. The van der Waals surface area contributed by atoms with Crippen molar-refractivity contribution >= 4 is 39.6 Å². The summed E-state index contributed by atoms with van der Waals surface area (Å²) in [6.45, 7) is 9.36. The smallest absolute Gasteiger partial charge is 0.260 e. The molecule has 0 aliphatic rings. The molecule has 0 unspecified atom stereocenters. The van der Waals surface area contributed by atoms with Crippen molar-refractivity contribution in [2.45, 2.75) is 6.92 Å². The number of hydrogen-bond acceptors (Lipinski definition) is 7. The summed E-state index contributed by atoms with van der Waals surface area (Å²) in [6, 6.07) is 17.8. The van der Waals surface area contributed by atoms with Crippen molar-refractivity contribution in [3.8, 4) is 11.7 Å². The van der Waals surface area contributed by atoms with Crippen LogP contribution < -0.4 is 5.32 Å². The van der Waals surface area contributed by atoms with Crippen LogP contribution in [0.25, 0.3) is 21.6 Å². The Labute approximate surface area is 205 Å². The van der Waals surface area contributed by atoms with Crippen LogP contribution >= 0.6 is 0 Å². The molecule has 2 N–H and O–H groups in total. The summed E-state index contributed by atoms with van der Waals surface area (Å²) in [5.41, 5.74) is 1.83. The third-order valence-corrected chi connectivity index (χ3v) is 5.34. The van der Waals surface area contributed by atoms with E-state index in [9.17, 15) is 9.90 Å². The number of amides is 1. The van der Waals surface area contributed by atoms with Gasteiger partial charge in [0.2, 0.25) is 0 Å². The normalized spacial score (nSPS) is 11.0. The summed E-state index contributed by atoms with van der Waals surface area (Å²) in [6.07, 6.45) is 4.41. The number of nitrogens with one attached hydrogen (secondary N) is 1. The van der Waals surface area contributed by atoms with Gasteiger partial charge in [-0.3, -0.25) is 4.79 Å². The Morgan fingerprint density at radius 1 is 1.06 bits per heavy atom. The fraction of sp³-hybridized carbons (Fsp3) is 0.0385. The maximum atomic E-state index is 13.3. The van der Waals surface area contributed by atoms with Crippen molar-refractivity contribution in [1.82, 2.24) is 19.7 Å². The number of phenols is 1. The van der Waals surface area contributed by atoms with Gasteiger partial charge in [0.25, 0.3) is 17.5 Å². The molecule has 0 radical (unpaired) electrons. The van der Waals surface area contributed by atoms with E-state index in [0.717, 1.165) is 5.56 Å². The number of fused-ring (bicyclic) bond motifs is 1. The van der Waals surface area contributed by atoms with Crippen molar-refractivity contribution in [3.05, 3.63) is 102 Å². The molecular formula is C26H18N8O2. The number of aryl methyl sites for hydroxylation is 1. The Bertz CT molecular complexity index is 1670. The van der Waals surface area contributed by atoms with E-state index in [2.05, 4.69) is 35.5 Å². The SMILES string of the molecule is [C-]#[N+]c1cnn(-c2ncccn2)c1/N=N/c1cc2ccccc2c(C(=O)Nc2cccc(C)c2)c1O. The van der Waals surface area contributed by atoms with Gasteiger partial charge in [0.1, 0.15) is 5.69 Å². The molecule has 0 fully saturated rings. The average molecular weight is 474 g/mol. The highest BCUT2D eigenvalue weighted by atomic mass is 16.3. The van der Waals surface area contributed by atoms with Gasteiger partial charge in [0, 0.05) is 18.1 Å². The van der Waals surface area contributed by atoms with Crippen LogP contribution in [0.2, 0.25) is 0 Å². The van der Waals surface area contributed by atoms with Crippen LogP contribution in [0.3, 0.4) is 0 Å². The van der Waals surface area contributed by atoms with Crippen LogP contribution in [0.5, 0.6) is 5.75 Å². The maximum Gasteiger partial charge on any atom is 0.260 e. The van der Waals surface area contributed by atoms with E-state index in [1.807, 2.05) is 37.3 Å². The predicted octanol–water partition coefficient (Wildman–Crippen LogP) is 6.05. The van der Waals surface area contributed by atoms with Crippen molar-refractivity contribution in [1.29, 1.82) is 0 Å². The number of anilines is 1. The van der Waals surface area contributed by atoms with Gasteiger partial charge < -0.3 is 10.4 Å². The van der Waals surface area contributed by atoms with Crippen molar-refractivity contribution in [2.75, 3.05) is 5.32 Å². The second kappa shape index (κ2) is 9.44. The molecule has 0 saturated heterocycles. The second-order valence-corrected chi connectivity index (χ2v) is 7.79. The van der Waals surface area contributed by atoms with Crippen LogP contribution in [0, 0.1) is 13.5 Å². The Morgan fingerprint density at radius 3 is 2.64 bits per heavy atom. The molecule has 0 saturated carbocycles. The maximum absolute atomic E-state index is 13.3. The largest absolute Gasteiger partial charge is 0.505 e. The molecule has 5 rings (SSSR count). The summed E-state index contributed by atoms with van der Waals surface area (Å²) in [5.74, 6) is -0.526. The molecule has 2 aromatic heterocycles. The molecular weight excluding hydrogens is 456 g/mol. The monoisotopic (exact) mass is 474 g/mol. The third kappa shape index (κ3) is 4.24. The number of phenolic OH excluding ortho intramolecular Hbond substituents is 1. The van der Waals surface area contributed by atoms with E-state index in [4.69, 9.17) is 6.57 Å². The van der Waals surface area contributed by atoms with Gasteiger partial charge in [0.05, 0.1) is 18.3 Å². The zero-order valence-electron chi connectivity index (χ0n) is 19.0. The van der Waals surface area contributed by atoms with Gasteiger partial charge in [-0.05, 0) is 47.5 Å². The van der Waals surface area contributed by atoms with E-state index in [1.165, 1.54) is 23.3 Å². The summed E-state index contributed by atoms with van der Waals surface area (Å²) in [4.78, 5) is 25.0. The Hall–Kier alpha value is -5.43. The molecule has 10 nitrogen and oxygen atoms in total. The molecule has 1 amide bonds. The number of rotatable bonds is 5. The highest BCUT2D eigenvalue weighted by molar-refractivity contribution is 6.16. The van der Waals surface area contributed by atoms with Crippen LogP contribution in [0.4, 0.5) is 22.9 Å². The number of aromatic nitrogens is 4. The van der Waals surface area contributed by atoms with E-state index in [-0.39, 0.29) is 34.5 Å². The lowest BCUT2D eigenvalue weighted by atomic mass is 10.0. The van der Waals surface area contributed by atoms with E-state index < -0.39 is 5.91 Å². The number of carbonyl (C=O) groups is 1. The first-order valence-electron chi connectivity index (χ1n) is 10.8. The minimum Gasteiger partial charge on any atom is -0.505 e. The third-order valence-electron chi connectivity index (χ3n) is 5.34. The van der Waals surface area contributed by atoms with Gasteiger partial charge in [-0.1, -0.05) is 36.4 Å². The summed E-state index contributed by atoms with van der Waals surface area (Å²) >= 11 is 0. The lowest BCUT2D eigenvalue weighted by Crippen LogP contribution is -2.13. The first-order chi connectivity index (χ1) is 17.5.